The summed E-state index contributed by atoms with van der Waals surface area (Å²) < 4.78 is 0. The highest BCUT2D eigenvalue weighted by Gasteiger charge is 1.98. The fourth-order valence-corrected chi connectivity index (χ4v) is 1.30. The van der Waals surface area contributed by atoms with Gasteiger partial charge in [0.05, 0.1) is 0 Å². The summed E-state index contributed by atoms with van der Waals surface area (Å²) in [6.07, 6.45) is 5.39. The number of hydrogen-bond donors (Lipinski definition) is 0. The van der Waals surface area contributed by atoms with Gasteiger partial charge in [-0.15, -0.1) is 0 Å². The summed E-state index contributed by atoms with van der Waals surface area (Å²) in [4.78, 5) is 10.9. The highest BCUT2D eigenvalue weighted by molar-refractivity contribution is 8.16. The Morgan fingerprint density at radius 1 is 1.45 bits per heavy atom. The number of rotatable bonds is 6. The zero-order valence-electron chi connectivity index (χ0n) is 7.14. The molecule has 0 N–H and O–H groups in total. The molecule has 0 radical (unpaired) electrons. The normalized spacial score (nSPS) is 9.55. The Morgan fingerprint density at radius 2 is 2.18 bits per heavy atom. The number of thioether (sulfide) groups is 1. The first-order chi connectivity index (χ1) is 5.31. The van der Waals surface area contributed by atoms with E-state index in [1.54, 1.807) is 5.41 Å². The van der Waals surface area contributed by atoms with Crippen molar-refractivity contribution in [2.75, 3.05) is 0 Å². The van der Waals surface area contributed by atoms with Crippen molar-refractivity contribution < 1.29 is 4.79 Å². The Bertz CT molecular complexity index is 121. The second-order valence-corrected chi connectivity index (χ2v) is 3.49. The Hall–Kier alpha value is -0.240. The molecule has 1 nitrogen and oxygen atoms in total. The molecule has 0 aliphatic rings. The Labute approximate surface area is 73.3 Å². The lowest BCUT2D eigenvalue weighted by Gasteiger charge is -1.95. The van der Waals surface area contributed by atoms with E-state index in [1.807, 2.05) is 0 Å². The summed E-state index contributed by atoms with van der Waals surface area (Å²) >= 11 is 1.21. The van der Waals surface area contributed by atoms with E-state index in [0.717, 1.165) is 6.42 Å². The number of unbranched alkanes of at least 4 members (excludes halogenated alkanes) is 3. The molecule has 64 valence electrons. The smallest absolute Gasteiger partial charge is 0.193 e. The van der Waals surface area contributed by atoms with Gasteiger partial charge in [-0.2, -0.15) is 0 Å². The van der Waals surface area contributed by atoms with Gasteiger partial charge in [-0.3, -0.25) is 4.79 Å². The van der Waals surface area contributed by atoms with Crippen molar-refractivity contribution in [3.63, 3.8) is 0 Å². The lowest BCUT2D eigenvalue weighted by Crippen LogP contribution is -1.88. The minimum atomic E-state index is 0.246. The Kier molecular flexibility index (Phi) is 7.69. The third-order valence-electron chi connectivity index (χ3n) is 1.45. The van der Waals surface area contributed by atoms with Crippen LogP contribution in [0.2, 0.25) is 0 Å². The minimum Gasteiger partial charge on any atom is -0.287 e. The van der Waals surface area contributed by atoms with E-state index in [1.165, 1.54) is 31.0 Å². The highest BCUT2D eigenvalue weighted by atomic mass is 32.2. The monoisotopic (exact) mass is 172 g/mol. The molecule has 0 atom stereocenters. The predicted octanol–water partition coefficient (Wildman–Crippen LogP) is 3.36. The maximum atomic E-state index is 10.9. The van der Waals surface area contributed by atoms with Crippen LogP contribution in [0.3, 0.4) is 0 Å². The van der Waals surface area contributed by atoms with Crippen LogP contribution in [0.4, 0.5) is 0 Å². The molecule has 0 aromatic heterocycles. The molecule has 0 rings (SSSR count). The van der Waals surface area contributed by atoms with Crippen molar-refractivity contribution in [3.05, 3.63) is 12.0 Å². The van der Waals surface area contributed by atoms with Gasteiger partial charge in [0, 0.05) is 6.42 Å². The summed E-state index contributed by atoms with van der Waals surface area (Å²) in [5.41, 5.74) is 0. The molecule has 11 heavy (non-hydrogen) atoms. The Morgan fingerprint density at radius 3 is 2.73 bits per heavy atom. The van der Waals surface area contributed by atoms with Crippen LogP contribution < -0.4 is 0 Å². The van der Waals surface area contributed by atoms with Crippen molar-refractivity contribution in [1.82, 2.24) is 0 Å². The topological polar surface area (TPSA) is 17.1 Å². The van der Waals surface area contributed by atoms with E-state index in [9.17, 15) is 4.79 Å². The van der Waals surface area contributed by atoms with Crippen LogP contribution in [0.5, 0.6) is 0 Å². The molecule has 0 amide bonds. The van der Waals surface area contributed by atoms with Gasteiger partial charge in [-0.1, -0.05) is 44.5 Å². The van der Waals surface area contributed by atoms with Crippen molar-refractivity contribution in [3.8, 4) is 0 Å². The molecule has 2 heteroatoms. The molecule has 0 aliphatic heterocycles. The van der Waals surface area contributed by atoms with Crippen molar-refractivity contribution >= 4 is 16.9 Å². The molecule has 0 heterocycles. The molecule has 0 saturated carbocycles. The highest BCUT2D eigenvalue weighted by Crippen LogP contribution is 2.10. The van der Waals surface area contributed by atoms with Crippen LogP contribution >= 0.6 is 11.8 Å². The predicted molar refractivity (Wildman–Crippen MR) is 51.6 cm³/mol. The average Bonchev–Trinajstić information content (AvgIpc) is 1.99. The summed E-state index contributed by atoms with van der Waals surface area (Å²) in [5, 5.41) is 1.85. The van der Waals surface area contributed by atoms with Crippen LogP contribution in [0.15, 0.2) is 12.0 Å². The molecule has 0 unspecified atom stereocenters. The zero-order valence-corrected chi connectivity index (χ0v) is 7.95. The molecule has 0 spiro atoms. The fraction of sp³-hybridized carbons (Fsp3) is 0.667. The van der Waals surface area contributed by atoms with Crippen LogP contribution in [-0.4, -0.2) is 5.12 Å². The first kappa shape index (κ1) is 10.8. The molecule has 0 fully saturated rings. The molecule has 0 aliphatic carbocycles. The number of carbonyl (C=O) groups excluding carboxylic acids is 1. The molecule has 0 aromatic carbocycles. The zero-order chi connectivity index (χ0) is 8.53. The SMILES string of the molecule is C=CSC(=O)CCCCCC. The summed E-state index contributed by atoms with van der Waals surface area (Å²) in [5.74, 6) is 0. The lowest BCUT2D eigenvalue weighted by molar-refractivity contribution is -0.111. The fourth-order valence-electron chi connectivity index (χ4n) is 0.848. The van der Waals surface area contributed by atoms with E-state index >= 15 is 0 Å². The van der Waals surface area contributed by atoms with E-state index in [-0.39, 0.29) is 5.12 Å². The number of hydrogen-bond acceptors (Lipinski definition) is 2. The van der Waals surface area contributed by atoms with Gasteiger partial charge in [0.15, 0.2) is 5.12 Å². The van der Waals surface area contributed by atoms with Crippen molar-refractivity contribution in [2.24, 2.45) is 0 Å². The summed E-state index contributed by atoms with van der Waals surface area (Å²) in [6, 6.07) is 0. The second kappa shape index (κ2) is 7.86. The van der Waals surface area contributed by atoms with E-state index in [2.05, 4.69) is 13.5 Å². The van der Waals surface area contributed by atoms with E-state index in [0.29, 0.717) is 6.42 Å². The molecular formula is C9H16OS. The Balaban J connectivity index is 3.10. The van der Waals surface area contributed by atoms with Gasteiger partial charge in [0.1, 0.15) is 0 Å². The first-order valence-electron chi connectivity index (χ1n) is 4.11. The van der Waals surface area contributed by atoms with Gasteiger partial charge in [0.2, 0.25) is 0 Å². The van der Waals surface area contributed by atoms with Crippen molar-refractivity contribution in [1.29, 1.82) is 0 Å². The average molecular weight is 172 g/mol. The largest absolute Gasteiger partial charge is 0.287 e. The maximum absolute atomic E-state index is 10.9. The lowest BCUT2D eigenvalue weighted by atomic mass is 10.2. The second-order valence-electron chi connectivity index (χ2n) is 2.47. The van der Waals surface area contributed by atoms with Crippen LogP contribution in [-0.2, 0) is 4.79 Å². The molecular weight excluding hydrogens is 156 g/mol. The van der Waals surface area contributed by atoms with Gasteiger partial charge in [0.25, 0.3) is 0 Å². The van der Waals surface area contributed by atoms with Crippen LogP contribution in [0.25, 0.3) is 0 Å². The summed E-state index contributed by atoms with van der Waals surface area (Å²) in [7, 11) is 0. The summed E-state index contributed by atoms with van der Waals surface area (Å²) in [6.45, 7) is 5.65. The van der Waals surface area contributed by atoms with E-state index < -0.39 is 0 Å². The molecule has 0 bridgehead atoms. The van der Waals surface area contributed by atoms with Gasteiger partial charge >= 0.3 is 0 Å². The van der Waals surface area contributed by atoms with Gasteiger partial charge in [-0.05, 0) is 11.8 Å². The maximum Gasteiger partial charge on any atom is 0.193 e. The standard InChI is InChI=1S/C9H16OS/c1-3-5-6-7-8-9(10)11-4-2/h4H,2-3,5-8H2,1H3. The van der Waals surface area contributed by atoms with Gasteiger partial charge < -0.3 is 0 Å². The third kappa shape index (κ3) is 7.66. The van der Waals surface area contributed by atoms with Gasteiger partial charge in [-0.25, -0.2) is 0 Å². The quantitative estimate of drug-likeness (QED) is 0.571. The van der Waals surface area contributed by atoms with Crippen LogP contribution in [0.1, 0.15) is 39.0 Å². The van der Waals surface area contributed by atoms with Crippen molar-refractivity contribution in [2.45, 2.75) is 39.0 Å². The molecule has 0 aromatic rings. The number of carbonyl (C=O) groups is 1. The molecule has 0 saturated heterocycles. The minimum absolute atomic E-state index is 0.246. The third-order valence-corrected chi connectivity index (χ3v) is 2.08. The first-order valence-corrected chi connectivity index (χ1v) is 4.99. The van der Waals surface area contributed by atoms with Crippen LogP contribution in [0, 0.1) is 0 Å². The van der Waals surface area contributed by atoms with E-state index in [4.69, 9.17) is 0 Å².